The van der Waals surface area contributed by atoms with Crippen LogP contribution in [0.15, 0.2) is 0 Å². The summed E-state index contributed by atoms with van der Waals surface area (Å²) in [6, 6.07) is 0. The fourth-order valence-corrected chi connectivity index (χ4v) is 14.2. The molecule has 0 aromatic heterocycles. The first-order valence-corrected chi connectivity index (χ1v) is 12.4. The maximum absolute atomic E-state index is 2.57. The van der Waals surface area contributed by atoms with Gasteiger partial charge in [0.05, 0.1) is 0 Å². The summed E-state index contributed by atoms with van der Waals surface area (Å²) in [6.07, 6.45) is 23.3. The lowest BCUT2D eigenvalue weighted by atomic mass is 9.99. The summed E-state index contributed by atoms with van der Waals surface area (Å²) in [6.45, 7) is 4.27. The third kappa shape index (κ3) is 3.24. The molecule has 0 aromatic rings. The van der Waals surface area contributed by atoms with Crippen LogP contribution in [0.5, 0.6) is 0 Å². The molecular formula is C21H39P. The van der Waals surface area contributed by atoms with Crippen LogP contribution in [0.3, 0.4) is 0 Å². The third-order valence-electron chi connectivity index (χ3n) is 7.31. The summed E-state index contributed by atoms with van der Waals surface area (Å²) in [5.41, 5.74) is 3.41. The van der Waals surface area contributed by atoms with Gasteiger partial charge in [-0.15, -0.1) is 0 Å². The van der Waals surface area contributed by atoms with Crippen molar-refractivity contribution in [3.8, 4) is 0 Å². The zero-order chi connectivity index (χ0) is 15.4. The van der Waals surface area contributed by atoms with Gasteiger partial charge in [0.25, 0.3) is 0 Å². The minimum Gasteiger partial charge on any atom is -0.0974 e. The van der Waals surface area contributed by atoms with E-state index in [9.17, 15) is 0 Å². The van der Waals surface area contributed by atoms with Crippen LogP contribution in [-0.4, -0.2) is 22.3 Å². The van der Waals surface area contributed by atoms with Gasteiger partial charge in [0.1, 0.15) is 0 Å². The fraction of sp³-hybridized carbons (Fsp3) is 0.952. The Bertz CT molecular complexity index is 334. The van der Waals surface area contributed by atoms with Gasteiger partial charge in [-0.05, 0) is 69.3 Å². The summed E-state index contributed by atoms with van der Waals surface area (Å²) < 4.78 is 0. The van der Waals surface area contributed by atoms with Crippen molar-refractivity contribution < 1.29 is 0 Å². The van der Waals surface area contributed by atoms with Gasteiger partial charge in [-0.3, -0.25) is 0 Å². The number of rotatable bonds is 3. The third-order valence-corrected chi connectivity index (χ3v) is 14.0. The van der Waals surface area contributed by atoms with Gasteiger partial charge in [0, 0.05) is 0 Å². The molecule has 0 N–H and O–H groups in total. The van der Waals surface area contributed by atoms with E-state index < -0.39 is 6.89 Å². The van der Waals surface area contributed by atoms with Crippen molar-refractivity contribution in [1.29, 1.82) is 0 Å². The lowest BCUT2D eigenvalue weighted by molar-refractivity contribution is 0.458. The highest BCUT2D eigenvalue weighted by Gasteiger charge is 2.43. The zero-order valence-electron chi connectivity index (χ0n) is 15.3. The molecule has 0 saturated heterocycles. The molecule has 3 aliphatic rings. The summed E-state index contributed by atoms with van der Waals surface area (Å²) in [5, 5.41) is 1.94. The molecule has 0 atom stereocenters. The van der Waals surface area contributed by atoms with Crippen molar-refractivity contribution in [2.45, 2.75) is 127 Å². The molecule has 0 unspecified atom stereocenters. The highest BCUT2D eigenvalue weighted by atomic mass is 31.2. The second-order valence-electron chi connectivity index (χ2n) is 8.66. The molecule has 0 spiro atoms. The number of hydrogen-bond donors (Lipinski definition) is 0. The fourth-order valence-electron chi connectivity index (χ4n) is 6.51. The second-order valence-corrected chi connectivity index (χ2v) is 13.4. The van der Waals surface area contributed by atoms with Gasteiger partial charge in [-0.1, -0.05) is 70.0 Å². The Morgan fingerprint density at radius 2 is 0.773 bits per heavy atom. The lowest BCUT2D eigenvalue weighted by Gasteiger charge is -2.51. The quantitative estimate of drug-likeness (QED) is 0.481. The Kier molecular flexibility index (Phi) is 6.16. The highest BCUT2D eigenvalue weighted by Crippen LogP contribution is 2.70. The topological polar surface area (TPSA) is 0 Å². The Morgan fingerprint density at radius 3 is 1.00 bits per heavy atom. The molecule has 22 heavy (non-hydrogen) atoms. The summed E-state index contributed by atoms with van der Waals surface area (Å²) in [7, 11) is 0. The Morgan fingerprint density at radius 1 is 0.500 bits per heavy atom. The van der Waals surface area contributed by atoms with Crippen LogP contribution in [0.4, 0.5) is 0 Å². The van der Waals surface area contributed by atoms with Crippen molar-refractivity contribution in [3.05, 3.63) is 0 Å². The van der Waals surface area contributed by atoms with E-state index in [1.165, 1.54) is 19.3 Å². The average molecular weight is 323 g/mol. The lowest BCUT2D eigenvalue weighted by Crippen LogP contribution is -2.34. The molecule has 0 radical (unpaired) electrons. The molecule has 128 valence electrons. The molecule has 3 rings (SSSR count). The van der Waals surface area contributed by atoms with Crippen molar-refractivity contribution in [3.63, 3.8) is 0 Å². The molecule has 3 saturated carbocycles. The van der Waals surface area contributed by atoms with E-state index in [-0.39, 0.29) is 0 Å². The predicted molar refractivity (Wildman–Crippen MR) is 104 cm³/mol. The molecule has 1 heteroatoms. The van der Waals surface area contributed by atoms with Crippen molar-refractivity contribution in [1.82, 2.24) is 0 Å². The van der Waals surface area contributed by atoms with Crippen molar-refractivity contribution >= 4 is 12.2 Å². The minimum absolute atomic E-state index is 0.878. The first-order valence-electron chi connectivity index (χ1n) is 10.4. The van der Waals surface area contributed by atoms with Crippen LogP contribution < -0.4 is 0 Å². The molecule has 0 aliphatic heterocycles. The molecule has 3 fully saturated rings. The van der Waals surface area contributed by atoms with E-state index in [1.54, 1.807) is 77.0 Å². The van der Waals surface area contributed by atoms with Crippen LogP contribution >= 0.6 is 6.89 Å². The van der Waals surface area contributed by atoms with E-state index >= 15 is 0 Å². The highest BCUT2D eigenvalue weighted by molar-refractivity contribution is 7.78. The number of hydrogen-bond acceptors (Lipinski definition) is 0. The zero-order valence-corrected chi connectivity index (χ0v) is 16.2. The molecule has 0 bridgehead atoms. The normalized spacial score (nSPS) is 27.0. The molecule has 0 heterocycles. The molecular weight excluding hydrogens is 283 g/mol. The minimum atomic E-state index is -0.878. The van der Waals surface area contributed by atoms with Gasteiger partial charge >= 0.3 is 0 Å². The van der Waals surface area contributed by atoms with Gasteiger partial charge in [-0.2, -0.15) is 0 Å². The maximum Gasteiger partial charge on any atom is -0.0206 e. The average Bonchev–Trinajstić information content (AvgIpc) is 2.58. The van der Waals surface area contributed by atoms with Gasteiger partial charge < -0.3 is 0 Å². The first kappa shape index (κ1) is 17.1. The van der Waals surface area contributed by atoms with Gasteiger partial charge in [-0.25, -0.2) is 0 Å². The van der Waals surface area contributed by atoms with Crippen LogP contribution in [-0.2, 0) is 0 Å². The van der Waals surface area contributed by atoms with E-state index in [4.69, 9.17) is 0 Å². The SMILES string of the molecule is CC(C)=P(C1CCCCC1)(C1CCCCC1)C1CCCCC1. The standard InChI is InChI=1S/C21H39P/c1-18(2)22(19-12-6-3-7-13-19,20-14-8-4-9-15-20)21-16-10-5-11-17-21/h19-21H,3-17H2,1-2H3. The summed E-state index contributed by atoms with van der Waals surface area (Å²) in [4.78, 5) is 0. The smallest absolute Gasteiger partial charge is 0.0206 e. The summed E-state index contributed by atoms with van der Waals surface area (Å²) >= 11 is 0. The predicted octanol–water partition coefficient (Wildman–Crippen LogP) is 7.21. The Balaban J connectivity index is 1.99. The molecule has 0 aromatic carbocycles. The Hall–Kier alpha value is 0.300. The maximum atomic E-state index is 2.57. The van der Waals surface area contributed by atoms with Crippen molar-refractivity contribution in [2.75, 3.05) is 0 Å². The largest absolute Gasteiger partial charge is 0.0974 e. The van der Waals surface area contributed by atoms with E-state index in [1.807, 2.05) is 5.29 Å². The van der Waals surface area contributed by atoms with Crippen LogP contribution in [0.2, 0.25) is 0 Å². The molecule has 0 nitrogen and oxygen atoms in total. The second kappa shape index (κ2) is 7.92. The van der Waals surface area contributed by atoms with Crippen LogP contribution in [0.25, 0.3) is 0 Å². The van der Waals surface area contributed by atoms with Gasteiger partial charge in [0.2, 0.25) is 0 Å². The van der Waals surface area contributed by atoms with E-state index in [0.29, 0.717) is 0 Å². The van der Waals surface area contributed by atoms with Crippen LogP contribution in [0, 0.1) is 0 Å². The van der Waals surface area contributed by atoms with Gasteiger partial charge in [0.15, 0.2) is 0 Å². The van der Waals surface area contributed by atoms with E-state index in [2.05, 4.69) is 13.8 Å². The summed E-state index contributed by atoms with van der Waals surface area (Å²) in [5.74, 6) is 0. The molecule has 0 amide bonds. The Labute approximate surface area is 139 Å². The van der Waals surface area contributed by atoms with Crippen molar-refractivity contribution in [2.24, 2.45) is 0 Å². The molecule has 3 aliphatic carbocycles. The van der Waals surface area contributed by atoms with Crippen LogP contribution in [0.1, 0.15) is 110 Å². The van der Waals surface area contributed by atoms with E-state index in [0.717, 1.165) is 17.0 Å². The first-order chi connectivity index (χ1) is 10.8. The monoisotopic (exact) mass is 322 g/mol.